The van der Waals surface area contributed by atoms with Gasteiger partial charge in [-0.25, -0.2) is 8.96 Å². The summed E-state index contributed by atoms with van der Waals surface area (Å²) in [6.07, 6.45) is 7.60. The first-order chi connectivity index (χ1) is 8.50. The average molecular weight is 273 g/mol. The third kappa shape index (κ3) is 3.64. The van der Waals surface area contributed by atoms with E-state index in [9.17, 15) is 13.2 Å². The molecule has 1 heterocycles. The molecule has 0 amide bonds. The highest BCUT2D eigenvalue weighted by molar-refractivity contribution is 7.87. The molecule has 0 saturated carbocycles. The topological polar surface area (TPSA) is 72.3 Å². The Morgan fingerprint density at radius 3 is 2.67 bits per heavy atom. The molecular formula is C11H19N3O3S. The summed E-state index contributed by atoms with van der Waals surface area (Å²) in [5, 5.41) is 0. The van der Waals surface area contributed by atoms with Crippen LogP contribution >= 0.6 is 0 Å². The number of unbranched alkanes of at least 4 members (excludes halogenated alkanes) is 3. The van der Waals surface area contributed by atoms with Crippen molar-refractivity contribution in [3.05, 3.63) is 18.2 Å². The molecule has 0 fully saturated rings. The third-order valence-electron chi connectivity index (χ3n) is 2.64. The number of aldehydes is 1. The van der Waals surface area contributed by atoms with Gasteiger partial charge in [-0.05, 0) is 19.3 Å². The number of nitrogens with zero attached hydrogens (tertiary/aromatic N) is 3. The normalized spacial score (nSPS) is 11.9. The van der Waals surface area contributed by atoms with Crippen molar-refractivity contribution in [3.63, 3.8) is 0 Å². The Morgan fingerprint density at radius 1 is 1.33 bits per heavy atom. The monoisotopic (exact) mass is 273 g/mol. The van der Waals surface area contributed by atoms with Crippen LogP contribution in [0.5, 0.6) is 0 Å². The summed E-state index contributed by atoms with van der Waals surface area (Å²) in [5.41, 5.74) is 0.676. The van der Waals surface area contributed by atoms with E-state index in [2.05, 4.69) is 4.98 Å². The molecule has 0 unspecified atom stereocenters. The highest BCUT2D eigenvalue weighted by Gasteiger charge is 2.18. The van der Waals surface area contributed by atoms with Crippen LogP contribution in [0.25, 0.3) is 0 Å². The summed E-state index contributed by atoms with van der Waals surface area (Å²) in [6.45, 7) is 0. The zero-order valence-electron chi connectivity index (χ0n) is 10.7. The first-order valence-corrected chi connectivity index (χ1v) is 7.27. The van der Waals surface area contributed by atoms with Gasteiger partial charge in [-0.3, -0.25) is 0 Å². The van der Waals surface area contributed by atoms with Gasteiger partial charge in [0.1, 0.15) is 12.6 Å². The van der Waals surface area contributed by atoms with Gasteiger partial charge in [0.25, 0.3) is 0 Å². The van der Waals surface area contributed by atoms with E-state index < -0.39 is 10.2 Å². The minimum atomic E-state index is -3.48. The van der Waals surface area contributed by atoms with Gasteiger partial charge in [0, 0.05) is 26.7 Å². The maximum Gasteiger partial charge on any atom is 0.308 e. The van der Waals surface area contributed by atoms with Crippen molar-refractivity contribution >= 4 is 16.5 Å². The van der Waals surface area contributed by atoms with Crippen molar-refractivity contribution in [2.45, 2.75) is 32.1 Å². The first-order valence-electron chi connectivity index (χ1n) is 5.88. The van der Waals surface area contributed by atoms with E-state index in [1.807, 2.05) is 0 Å². The highest BCUT2D eigenvalue weighted by Crippen LogP contribution is 2.11. The zero-order chi connectivity index (χ0) is 13.6. The molecule has 102 valence electrons. The standard InChI is InChI=1S/C11H19N3O3S/c1-13(2)18(16,17)14-10-12-9-11(14)7-5-3-4-6-8-15/h8-10H,3-7H2,1-2H3. The van der Waals surface area contributed by atoms with E-state index in [4.69, 9.17) is 0 Å². The third-order valence-corrected chi connectivity index (χ3v) is 4.39. The molecule has 0 aliphatic rings. The molecule has 0 aliphatic carbocycles. The second-order valence-electron chi connectivity index (χ2n) is 4.24. The smallest absolute Gasteiger partial charge is 0.303 e. The molecule has 1 aromatic rings. The van der Waals surface area contributed by atoms with Crippen molar-refractivity contribution in [1.29, 1.82) is 0 Å². The van der Waals surface area contributed by atoms with E-state index in [1.165, 1.54) is 24.4 Å². The fraction of sp³-hybridized carbons (Fsp3) is 0.636. The Bertz CT molecular complexity index is 479. The predicted octanol–water partition coefficient (Wildman–Crippen LogP) is 0.839. The van der Waals surface area contributed by atoms with Crippen LogP contribution in [0.2, 0.25) is 0 Å². The maximum absolute atomic E-state index is 12.0. The van der Waals surface area contributed by atoms with Crippen molar-refractivity contribution in [3.8, 4) is 0 Å². The first kappa shape index (κ1) is 14.8. The molecule has 1 aromatic heterocycles. The maximum atomic E-state index is 12.0. The Kier molecular flexibility index (Phi) is 5.49. The molecular weight excluding hydrogens is 254 g/mol. The largest absolute Gasteiger partial charge is 0.308 e. The molecule has 0 spiro atoms. The summed E-state index contributed by atoms with van der Waals surface area (Å²) in [7, 11) is -0.502. The van der Waals surface area contributed by atoms with Crippen LogP contribution in [0, 0.1) is 0 Å². The second kappa shape index (κ2) is 6.65. The van der Waals surface area contributed by atoms with Crippen LogP contribution in [0.15, 0.2) is 12.5 Å². The van der Waals surface area contributed by atoms with Crippen LogP contribution in [-0.2, 0) is 21.4 Å². The Hall–Kier alpha value is -1.21. The van der Waals surface area contributed by atoms with Gasteiger partial charge < -0.3 is 4.79 Å². The molecule has 18 heavy (non-hydrogen) atoms. The molecule has 7 heteroatoms. The van der Waals surface area contributed by atoms with Crippen LogP contribution in [0.4, 0.5) is 0 Å². The Balaban J connectivity index is 2.64. The van der Waals surface area contributed by atoms with Crippen LogP contribution in [-0.4, -0.2) is 42.1 Å². The van der Waals surface area contributed by atoms with E-state index >= 15 is 0 Å². The second-order valence-corrected chi connectivity index (χ2v) is 6.26. The number of imidazole rings is 1. The summed E-state index contributed by atoms with van der Waals surface area (Å²) in [6, 6.07) is 0. The summed E-state index contributed by atoms with van der Waals surface area (Å²) >= 11 is 0. The molecule has 1 rings (SSSR count). The Labute approximate surface area is 108 Å². The molecule has 0 N–H and O–H groups in total. The summed E-state index contributed by atoms with van der Waals surface area (Å²) in [4.78, 5) is 14.0. The molecule has 0 aliphatic heterocycles. The highest BCUT2D eigenvalue weighted by atomic mass is 32.2. The molecule has 0 radical (unpaired) electrons. The lowest BCUT2D eigenvalue weighted by Crippen LogP contribution is -2.29. The van der Waals surface area contributed by atoms with Crippen LogP contribution < -0.4 is 0 Å². The fourth-order valence-electron chi connectivity index (χ4n) is 1.58. The molecule has 0 aromatic carbocycles. The number of aryl methyl sites for hydroxylation is 1. The van der Waals surface area contributed by atoms with Crippen molar-refractivity contribution < 1.29 is 13.2 Å². The van der Waals surface area contributed by atoms with Crippen LogP contribution in [0.3, 0.4) is 0 Å². The van der Waals surface area contributed by atoms with Crippen molar-refractivity contribution in [2.75, 3.05) is 14.1 Å². The van der Waals surface area contributed by atoms with E-state index in [0.29, 0.717) is 18.5 Å². The number of hydrogen-bond donors (Lipinski definition) is 0. The van der Waals surface area contributed by atoms with E-state index in [1.54, 1.807) is 6.20 Å². The van der Waals surface area contributed by atoms with Gasteiger partial charge in [-0.2, -0.15) is 12.7 Å². The minimum absolute atomic E-state index is 0.565. The van der Waals surface area contributed by atoms with E-state index in [0.717, 1.165) is 29.9 Å². The Morgan fingerprint density at radius 2 is 2.06 bits per heavy atom. The summed E-state index contributed by atoms with van der Waals surface area (Å²) < 4.78 is 26.3. The zero-order valence-corrected chi connectivity index (χ0v) is 11.6. The fourth-order valence-corrected chi connectivity index (χ4v) is 2.54. The van der Waals surface area contributed by atoms with Gasteiger partial charge >= 0.3 is 10.2 Å². The molecule has 6 nitrogen and oxygen atoms in total. The number of aromatic nitrogens is 2. The lowest BCUT2D eigenvalue weighted by Gasteiger charge is -2.14. The van der Waals surface area contributed by atoms with Gasteiger partial charge in [0.2, 0.25) is 0 Å². The minimum Gasteiger partial charge on any atom is -0.303 e. The predicted molar refractivity (Wildman–Crippen MR) is 68.5 cm³/mol. The van der Waals surface area contributed by atoms with Crippen molar-refractivity contribution in [1.82, 2.24) is 13.3 Å². The number of carbonyl (C=O) groups is 1. The van der Waals surface area contributed by atoms with E-state index in [-0.39, 0.29) is 0 Å². The summed E-state index contributed by atoms with van der Waals surface area (Å²) in [5.74, 6) is 0. The van der Waals surface area contributed by atoms with Gasteiger partial charge in [-0.1, -0.05) is 6.42 Å². The van der Waals surface area contributed by atoms with Gasteiger partial charge in [-0.15, -0.1) is 0 Å². The number of carbonyl (C=O) groups excluding carboxylic acids is 1. The SMILES string of the molecule is CN(C)S(=O)(=O)n1cncc1CCCCCC=O. The number of rotatable bonds is 8. The molecule has 0 bridgehead atoms. The lowest BCUT2D eigenvalue weighted by molar-refractivity contribution is -0.107. The van der Waals surface area contributed by atoms with Crippen LogP contribution in [0.1, 0.15) is 31.4 Å². The quantitative estimate of drug-likeness (QED) is 0.520. The number of hydrogen-bond acceptors (Lipinski definition) is 4. The van der Waals surface area contributed by atoms with Gasteiger partial charge in [0.15, 0.2) is 0 Å². The van der Waals surface area contributed by atoms with Gasteiger partial charge in [0.05, 0.1) is 5.69 Å². The van der Waals surface area contributed by atoms with Crippen molar-refractivity contribution in [2.24, 2.45) is 0 Å². The molecule has 0 saturated heterocycles. The molecule has 0 atom stereocenters. The lowest BCUT2D eigenvalue weighted by atomic mass is 10.1. The average Bonchev–Trinajstić information content (AvgIpc) is 2.77.